The Morgan fingerprint density at radius 2 is 1.78 bits per heavy atom. The third-order valence-electron chi connectivity index (χ3n) is 4.18. The summed E-state index contributed by atoms with van der Waals surface area (Å²) in [5.74, 6) is 0.631. The number of rotatable bonds is 7. The number of benzene rings is 2. The van der Waals surface area contributed by atoms with E-state index in [4.69, 9.17) is 9.47 Å². The molecule has 0 heterocycles. The third kappa shape index (κ3) is 5.48. The summed E-state index contributed by atoms with van der Waals surface area (Å²) in [7, 11) is 1.51. The Morgan fingerprint density at radius 3 is 2.44 bits per heavy atom. The zero-order chi connectivity index (χ0) is 20.0. The van der Waals surface area contributed by atoms with Crippen LogP contribution in [-0.2, 0) is 9.59 Å². The smallest absolute Gasteiger partial charge is 0.262 e. The Morgan fingerprint density at radius 1 is 1.04 bits per heavy atom. The van der Waals surface area contributed by atoms with Crippen LogP contribution in [-0.4, -0.2) is 25.5 Å². The van der Waals surface area contributed by atoms with Gasteiger partial charge in [0, 0.05) is 17.7 Å². The molecule has 0 radical (unpaired) electrons. The molecule has 2 N–H and O–H groups in total. The van der Waals surface area contributed by atoms with E-state index in [1.165, 1.54) is 7.11 Å². The zero-order valence-corrected chi connectivity index (χ0v) is 16.4. The second-order valence-electron chi connectivity index (χ2n) is 6.59. The standard InChI is InChI=1S/C21H26N2O4/c1-13(2)21(25)23-17-10-9-16(11-19(17)26-5)22-20(24)12-27-18-8-6-7-14(3)15(18)4/h6-11,13H,12H2,1-5H3,(H,22,24)(H,23,25). The molecule has 27 heavy (non-hydrogen) atoms. The van der Waals surface area contributed by atoms with E-state index in [0.717, 1.165) is 11.1 Å². The first-order valence-electron chi connectivity index (χ1n) is 8.79. The lowest BCUT2D eigenvalue weighted by atomic mass is 10.1. The third-order valence-corrected chi connectivity index (χ3v) is 4.18. The highest BCUT2D eigenvalue weighted by Crippen LogP contribution is 2.28. The first-order chi connectivity index (χ1) is 12.8. The van der Waals surface area contributed by atoms with Crippen molar-refractivity contribution in [1.82, 2.24) is 0 Å². The van der Waals surface area contributed by atoms with Crippen LogP contribution in [0.4, 0.5) is 11.4 Å². The van der Waals surface area contributed by atoms with Crippen molar-refractivity contribution in [2.75, 3.05) is 24.4 Å². The van der Waals surface area contributed by atoms with E-state index in [1.54, 1.807) is 18.2 Å². The van der Waals surface area contributed by atoms with Crippen LogP contribution in [0.25, 0.3) is 0 Å². The topological polar surface area (TPSA) is 76.7 Å². The zero-order valence-electron chi connectivity index (χ0n) is 16.4. The quantitative estimate of drug-likeness (QED) is 0.774. The Kier molecular flexibility index (Phi) is 6.82. The molecule has 144 valence electrons. The average Bonchev–Trinajstić information content (AvgIpc) is 2.64. The summed E-state index contributed by atoms with van der Waals surface area (Å²) in [6.45, 7) is 7.48. The fourth-order valence-corrected chi connectivity index (χ4v) is 2.37. The molecule has 0 aromatic heterocycles. The second kappa shape index (κ2) is 9.07. The summed E-state index contributed by atoms with van der Waals surface area (Å²) in [6, 6.07) is 10.8. The van der Waals surface area contributed by atoms with Gasteiger partial charge in [-0.1, -0.05) is 26.0 Å². The van der Waals surface area contributed by atoms with Crippen molar-refractivity contribution in [1.29, 1.82) is 0 Å². The number of hydrogen-bond acceptors (Lipinski definition) is 4. The van der Waals surface area contributed by atoms with Crippen molar-refractivity contribution >= 4 is 23.2 Å². The fraction of sp³-hybridized carbons (Fsp3) is 0.333. The molecule has 0 saturated carbocycles. The lowest BCUT2D eigenvalue weighted by Gasteiger charge is -2.14. The summed E-state index contributed by atoms with van der Waals surface area (Å²) >= 11 is 0. The van der Waals surface area contributed by atoms with E-state index in [0.29, 0.717) is 22.9 Å². The predicted octanol–water partition coefficient (Wildman–Crippen LogP) is 3.92. The summed E-state index contributed by atoms with van der Waals surface area (Å²) in [6.07, 6.45) is 0. The van der Waals surface area contributed by atoms with Crippen LogP contribution in [0, 0.1) is 19.8 Å². The minimum atomic E-state index is -0.281. The van der Waals surface area contributed by atoms with Gasteiger partial charge in [-0.2, -0.15) is 0 Å². The summed E-state index contributed by atoms with van der Waals surface area (Å²) in [5, 5.41) is 5.57. The van der Waals surface area contributed by atoms with Crippen molar-refractivity contribution in [3.8, 4) is 11.5 Å². The number of hydrogen-bond donors (Lipinski definition) is 2. The van der Waals surface area contributed by atoms with Gasteiger partial charge in [-0.25, -0.2) is 0 Å². The van der Waals surface area contributed by atoms with Gasteiger partial charge in [0.1, 0.15) is 11.5 Å². The van der Waals surface area contributed by atoms with Gasteiger partial charge in [0.2, 0.25) is 5.91 Å². The van der Waals surface area contributed by atoms with Crippen molar-refractivity contribution < 1.29 is 19.1 Å². The monoisotopic (exact) mass is 370 g/mol. The number of methoxy groups -OCH3 is 1. The summed E-state index contributed by atoms with van der Waals surface area (Å²) in [4.78, 5) is 24.0. The highest BCUT2D eigenvalue weighted by Gasteiger charge is 2.13. The van der Waals surface area contributed by atoms with Crippen LogP contribution < -0.4 is 20.1 Å². The van der Waals surface area contributed by atoms with Crippen molar-refractivity contribution in [2.45, 2.75) is 27.7 Å². The molecule has 0 unspecified atom stereocenters. The number of carbonyl (C=O) groups excluding carboxylic acids is 2. The number of aryl methyl sites for hydroxylation is 1. The number of anilines is 2. The molecule has 2 aromatic rings. The molecule has 0 atom stereocenters. The maximum absolute atomic E-state index is 12.2. The van der Waals surface area contributed by atoms with Gasteiger partial charge >= 0.3 is 0 Å². The molecule has 2 rings (SSSR count). The molecule has 2 aromatic carbocycles. The summed E-state index contributed by atoms with van der Waals surface area (Å²) < 4.78 is 10.9. The molecule has 2 amide bonds. The molecular formula is C21H26N2O4. The van der Waals surface area contributed by atoms with Crippen LogP contribution in [0.3, 0.4) is 0 Å². The van der Waals surface area contributed by atoms with Crippen LogP contribution >= 0.6 is 0 Å². The number of carbonyl (C=O) groups is 2. The Hall–Kier alpha value is -3.02. The molecule has 0 saturated heterocycles. The molecule has 0 bridgehead atoms. The first kappa shape index (κ1) is 20.3. The van der Waals surface area contributed by atoms with E-state index in [-0.39, 0.29) is 24.3 Å². The van der Waals surface area contributed by atoms with Gasteiger partial charge in [0.15, 0.2) is 6.61 Å². The maximum Gasteiger partial charge on any atom is 0.262 e. The van der Waals surface area contributed by atoms with Crippen LogP contribution in [0.1, 0.15) is 25.0 Å². The van der Waals surface area contributed by atoms with Gasteiger partial charge in [-0.15, -0.1) is 0 Å². The molecule has 0 aliphatic rings. The highest BCUT2D eigenvalue weighted by atomic mass is 16.5. The lowest BCUT2D eigenvalue weighted by Crippen LogP contribution is -2.21. The molecule has 0 fully saturated rings. The average molecular weight is 370 g/mol. The molecule has 6 nitrogen and oxygen atoms in total. The van der Waals surface area contributed by atoms with Crippen molar-refractivity contribution in [2.24, 2.45) is 5.92 Å². The van der Waals surface area contributed by atoms with Crippen LogP contribution in [0.2, 0.25) is 0 Å². The molecular weight excluding hydrogens is 344 g/mol. The van der Waals surface area contributed by atoms with E-state index < -0.39 is 0 Å². The lowest BCUT2D eigenvalue weighted by molar-refractivity contribution is -0.119. The Labute approximate surface area is 159 Å². The number of ether oxygens (including phenoxy) is 2. The van der Waals surface area contributed by atoms with E-state index in [9.17, 15) is 9.59 Å². The minimum absolute atomic E-state index is 0.0988. The normalized spacial score (nSPS) is 10.4. The SMILES string of the molecule is COc1cc(NC(=O)COc2cccc(C)c2C)ccc1NC(=O)C(C)C. The number of amides is 2. The van der Waals surface area contributed by atoms with Gasteiger partial charge in [-0.3, -0.25) is 9.59 Å². The minimum Gasteiger partial charge on any atom is -0.494 e. The predicted molar refractivity (Wildman–Crippen MR) is 107 cm³/mol. The van der Waals surface area contributed by atoms with Crippen molar-refractivity contribution in [3.63, 3.8) is 0 Å². The summed E-state index contributed by atoms with van der Waals surface area (Å²) in [5.41, 5.74) is 3.23. The molecule has 0 aliphatic carbocycles. The first-order valence-corrected chi connectivity index (χ1v) is 8.79. The van der Waals surface area contributed by atoms with Gasteiger partial charge < -0.3 is 20.1 Å². The molecule has 0 aliphatic heterocycles. The van der Waals surface area contributed by atoms with E-state index >= 15 is 0 Å². The van der Waals surface area contributed by atoms with Gasteiger partial charge in [0.25, 0.3) is 5.91 Å². The largest absolute Gasteiger partial charge is 0.494 e. The molecule has 6 heteroatoms. The van der Waals surface area contributed by atoms with Crippen LogP contribution in [0.15, 0.2) is 36.4 Å². The van der Waals surface area contributed by atoms with E-state index in [1.807, 2.05) is 45.9 Å². The molecule has 0 spiro atoms. The Balaban J connectivity index is 2.01. The van der Waals surface area contributed by atoms with Crippen LogP contribution in [0.5, 0.6) is 11.5 Å². The van der Waals surface area contributed by atoms with Gasteiger partial charge in [0.05, 0.1) is 12.8 Å². The van der Waals surface area contributed by atoms with E-state index in [2.05, 4.69) is 10.6 Å². The highest BCUT2D eigenvalue weighted by molar-refractivity contribution is 5.95. The van der Waals surface area contributed by atoms with Gasteiger partial charge in [-0.05, 0) is 43.2 Å². The number of nitrogens with one attached hydrogen (secondary N) is 2. The van der Waals surface area contributed by atoms with Crippen molar-refractivity contribution in [3.05, 3.63) is 47.5 Å². The Bertz CT molecular complexity index is 831. The fourth-order valence-electron chi connectivity index (χ4n) is 2.37. The maximum atomic E-state index is 12.2. The second-order valence-corrected chi connectivity index (χ2v) is 6.59.